The molecule has 0 bridgehead atoms. The Hall–Kier alpha value is -1.23. The quantitative estimate of drug-likeness (QED) is 0.870. The van der Waals surface area contributed by atoms with Crippen molar-refractivity contribution in [3.05, 3.63) is 5.69 Å². The van der Waals surface area contributed by atoms with Crippen molar-refractivity contribution in [2.24, 2.45) is 13.0 Å². The second-order valence-electron chi connectivity index (χ2n) is 5.86. The van der Waals surface area contributed by atoms with Gasteiger partial charge in [-0.15, -0.1) is 0 Å². The number of aromatic nitrogens is 2. The van der Waals surface area contributed by atoms with Crippen LogP contribution in [0.3, 0.4) is 0 Å². The van der Waals surface area contributed by atoms with Crippen LogP contribution in [0.4, 0.5) is 11.5 Å². The van der Waals surface area contributed by atoms with E-state index in [2.05, 4.69) is 36.2 Å². The van der Waals surface area contributed by atoms with Gasteiger partial charge in [0.2, 0.25) is 0 Å². The number of anilines is 2. The molecule has 108 valence electrons. The van der Waals surface area contributed by atoms with Crippen LogP contribution in [0.1, 0.15) is 32.4 Å². The lowest BCUT2D eigenvalue weighted by atomic mass is 9.94. The molecule has 1 aromatic rings. The van der Waals surface area contributed by atoms with Gasteiger partial charge >= 0.3 is 0 Å². The van der Waals surface area contributed by atoms with E-state index in [1.165, 1.54) is 0 Å². The molecule has 1 aliphatic rings. The molecule has 0 radical (unpaired) electrons. The zero-order valence-corrected chi connectivity index (χ0v) is 12.6. The largest absolute Gasteiger partial charge is 0.394 e. The summed E-state index contributed by atoms with van der Waals surface area (Å²) in [5.41, 5.74) is 8.07. The van der Waals surface area contributed by atoms with Crippen LogP contribution in [0.25, 0.3) is 0 Å². The Morgan fingerprint density at radius 3 is 2.79 bits per heavy atom. The minimum atomic E-state index is 0.489. The molecule has 2 rings (SSSR count). The van der Waals surface area contributed by atoms with Crippen molar-refractivity contribution in [3.8, 4) is 0 Å². The van der Waals surface area contributed by atoms with Crippen molar-refractivity contribution < 1.29 is 0 Å². The molecule has 0 amide bonds. The monoisotopic (exact) mass is 265 g/mol. The molecule has 2 atom stereocenters. The van der Waals surface area contributed by atoms with Gasteiger partial charge in [-0.25, -0.2) is 0 Å². The van der Waals surface area contributed by atoms with E-state index in [0.717, 1.165) is 49.6 Å². The van der Waals surface area contributed by atoms with Crippen LogP contribution in [0, 0.1) is 5.92 Å². The highest BCUT2D eigenvalue weighted by atomic mass is 15.3. The first-order chi connectivity index (χ1) is 9.02. The van der Waals surface area contributed by atoms with E-state index >= 15 is 0 Å². The Balaban J connectivity index is 2.10. The molecule has 2 heterocycles. The number of nitrogens with two attached hydrogens (primary N) is 1. The third-order valence-corrected chi connectivity index (χ3v) is 4.08. The van der Waals surface area contributed by atoms with Crippen molar-refractivity contribution in [2.75, 3.05) is 31.2 Å². The van der Waals surface area contributed by atoms with Crippen LogP contribution in [-0.2, 0) is 13.5 Å². The van der Waals surface area contributed by atoms with E-state index in [-0.39, 0.29) is 0 Å². The summed E-state index contributed by atoms with van der Waals surface area (Å²) >= 11 is 0. The third-order valence-electron chi connectivity index (χ3n) is 4.08. The first kappa shape index (κ1) is 14.2. The Morgan fingerprint density at radius 1 is 1.42 bits per heavy atom. The molecule has 19 heavy (non-hydrogen) atoms. The highest BCUT2D eigenvalue weighted by Crippen LogP contribution is 2.27. The number of nitrogen functional groups attached to an aromatic ring is 1. The highest BCUT2D eigenvalue weighted by Gasteiger charge is 2.26. The SMILES string of the molecule is CCCc1nn(C)c(NC2CCN(C)CC2C)c1N. The van der Waals surface area contributed by atoms with E-state index in [1.54, 1.807) is 0 Å². The highest BCUT2D eigenvalue weighted by molar-refractivity contribution is 5.65. The van der Waals surface area contributed by atoms with Crippen LogP contribution in [0.15, 0.2) is 0 Å². The second kappa shape index (κ2) is 5.82. The van der Waals surface area contributed by atoms with Gasteiger partial charge < -0.3 is 16.0 Å². The van der Waals surface area contributed by atoms with E-state index in [4.69, 9.17) is 5.73 Å². The molecule has 5 nitrogen and oxygen atoms in total. The maximum atomic E-state index is 6.22. The van der Waals surface area contributed by atoms with E-state index < -0.39 is 0 Å². The fourth-order valence-corrected chi connectivity index (χ4v) is 2.93. The van der Waals surface area contributed by atoms with Gasteiger partial charge in [-0.2, -0.15) is 5.10 Å². The molecular weight excluding hydrogens is 238 g/mol. The minimum absolute atomic E-state index is 0.489. The summed E-state index contributed by atoms with van der Waals surface area (Å²) in [7, 11) is 4.15. The van der Waals surface area contributed by atoms with Gasteiger partial charge in [0.15, 0.2) is 0 Å². The van der Waals surface area contributed by atoms with Crippen LogP contribution in [0.5, 0.6) is 0 Å². The number of nitrogens with zero attached hydrogens (tertiary/aromatic N) is 3. The minimum Gasteiger partial charge on any atom is -0.394 e. The number of nitrogens with one attached hydrogen (secondary N) is 1. The second-order valence-corrected chi connectivity index (χ2v) is 5.86. The molecule has 3 N–H and O–H groups in total. The predicted octanol–water partition coefficient (Wildman–Crippen LogP) is 1.71. The van der Waals surface area contributed by atoms with Crippen molar-refractivity contribution in [2.45, 2.75) is 39.2 Å². The van der Waals surface area contributed by atoms with Crippen molar-refractivity contribution >= 4 is 11.5 Å². The Labute approximate surface area is 116 Å². The molecule has 1 fully saturated rings. The summed E-state index contributed by atoms with van der Waals surface area (Å²) in [6, 6.07) is 0.489. The van der Waals surface area contributed by atoms with E-state index in [1.807, 2.05) is 11.7 Å². The lowest BCUT2D eigenvalue weighted by Crippen LogP contribution is -2.43. The summed E-state index contributed by atoms with van der Waals surface area (Å²) in [5, 5.41) is 8.14. The number of hydrogen-bond donors (Lipinski definition) is 2. The van der Waals surface area contributed by atoms with Gasteiger partial charge in [0.1, 0.15) is 5.82 Å². The maximum absolute atomic E-state index is 6.22. The van der Waals surface area contributed by atoms with Crippen molar-refractivity contribution in [1.82, 2.24) is 14.7 Å². The first-order valence-corrected chi connectivity index (χ1v) is 7.29. The zero-order valence-electron chi connectivity index (χ0n) is 12.6. The Kier molecular flexibility index (Phi) is 4.34. The van der Waals surface area contributed by atoms with Crippen LogP contribution < -0.4 is 11.1 Å². The summed E-state index contributed by atoms with van der Waals surface area (Å²) in [6.45, 7) is 6.73. The Morgan fingerprint density at radius 2 is 2.16 bits per heavy atom. The molecule has 1 saturated heterocycles. The van der Waals surface area contributed by atoms with Crippen LogP contribution >= 0.6 is 0 Å². The molecule has 0 saturated carbocycles. The molecule has 1 aliphatic heterocycles. The van der Waals surface area contributed by atoms with E-state index in [9.17, 15) is 0 Å². The number of rotatable bonds is 4. The average molecular weight is 265 g/mol. The van der Waals surface area contributed by atoms with Gasteiger partial charge in [0.25, 0.3) is 0 Å². The van der Waals surface area contributed by atoms with Crippen LogP contribution in [-0.4, -0.2) is 40.9 Å². The number of piperidine rings is 1. The Bertz CT molecular complexity index is 426. The fourth-order valence-electron chi connectivity index (χ4n) is 2.93. The molecule has 0 aromatic carbocycles. The normalized spacial score (nSPS) is 24.6. The molecule has 0 aliphatic carbocycles. The predicted molar refractivity (Wildman–Crippen MR) is 80.3 cm³/mol. The lowest BCUT2D eigenvalue weighted by molar-refractivity contribution is 0.206. The molecule has 2 unspecified atom stereocenters. The number of hydrogen-bond acceptors (Lipinski definition) is 4. The first-order valence-electron chi connectivity index (χ1n) is 7.29. The smallest absolute Gasteiger partial charge is 0.148 e. The fraction of sp³-hybridized carbons (Fsp3) is 0.786. The van der Waals surface area contributed by atoms with Gasteiger partial charge in [-0.05, 0) is 32.4 Å². The van der Waals surface area contributed by atoms with Crippen molar-refractivity contribution in [3.63, 3.8) is 0 Å². The summed E-state index contributed by atoms with van der Waals surface area (Å²) in [6.07, 6.45) is 3.18. The molecule has 0 spiro atoms. The standard InChI is InChI=1S/C14H27N5/c1-5-6-12-13(15)14(19(4)17-12)16-11-7-8-18(3)9-10(11)2/h10-11,16H,5-9,15H2,1-4H3. The number of likely N-dealkylation sites (tertiary alicyclic amines) is 1. The average Bonchev–Trinajstić information content (AvgIpc) is 2.60. The van der Waals surface area contributed by atoms with Crippen molar-refractivity contribution in [1.29, 1.82) is 0 Å². The van der Waals surface area contributed by atoms with E-state index in [0.29, 0.717) is 12.0 Å². The van der Waals surface area contributed by atoms with Gasteiger partial charge in [0, 0.05) is 19.6 Å². The number of aryl methyl sites for hydroxylation is 2. The lowest BCUT2D eigenvalue weighted by Gasteiger charge is -2.35. The molecule has 1 aromatic heterocycles. The van der Waals surface area contributed by atoms with Crippen LogP contribution in [0.2, 0.25) is 0 Å². The zero-order chi connectivity index (χ0) is 14.0. The third kappa shape index (κ3) is 3.03. The van der Waals surface area contributed by atoms with Gasteiger partial charge in [-0.1, -0.05) is 20.3 Å². The van der Waals surface area contributed by atoms with Gasteiger partial charge in [-0.3, -0.25) is 4.68 Å². The topological polar surface area (TPSA) is 59.1 Å². The molecule has 5 heteroatoms. The summed E-state index contributed by atoms with van der Waals surface area (Å²) in [4.78, 5) is 2.39. The summed E-state index contributed by atoms with van der Waals surface area (Å²) < 4.78 is 1.89. The van der Waals surface area contributed by atoms with Gasteiger partial charge in [0.05, 0.1) is 11.4 Å². The molecular formula is C14H27N5. The summed E-state index contributed by atoms with van der Waals surface area (Å²) in [5.74, 6) is 1.62. The maximum Gasteiger partial charge on any atom is 0.148 e.